The number of likely N-dealkylation sites (tertiary alicyclic amines) is 1. The quantitative estimate of drug-likeness (QED) is 0.567. The minimum Gasteiger partial charge on any atom is -0.459 e. The fourth-order valence-electron chi connectivity index (χ4n) is 4.17. The number of carbonyl (C=O) groups excluding carboxylic acids is 4. The second-order valence-corrected chi connectivity index (χ2v) is 7.38. The van der Waals surface area contributed by atoms with Gasteiger partial charge in [-0.25, -0.2) is 0 Å². The first kappa shape index (κ1) is 18.5. The van der Waals surface area contributed by atoms with Gasteiger partial charge in [-0.3, -0.25) is 24.1 Å². The molecule has 0 aromatic carbocycles. The molecule has 0 N–H and O–H groups in total. The van der Waals surface area contributed by atoms with Gasteiger partial charge in [-0.15, -0.1) is 0 Å². The van der Waals surface area contributed by atoms with Crippen LogP contribution >= 0.6 is 0 Å². The summed E-state index contributed by atoms with van der Waals surface area (Å²) in [5, 5.41) is 0. The molecule has 0 unspecified atom stereocenters. The molecule has 4 rings (SSSR count). The molecule has 1 aromatic rings. The van der Waals surface area contributed by atoms with Crippen molar-refractivity contribution in [2.45, 2.75) is 19.3 Å². The number of carbonyl (C=O) groups is 4. The first-order valence-corrected chi connectivity index (χ1v) is 9.67. The molecule has 0 radical (unpaired) electrons. The summed E-state index contributed by atoms with van der Waals surface area (Å²) in [5.74, 6) is -0.809. The molecule has 28 heavy (non-hydrogen) atoms. The third-order valence-corrected chi connectivity index (χ3v) is 5.80. The summed E-state index contributed by atoms with van der Waals surface area (Å²) in [6, 6.07) is 3.29. The van der Waals surface area contributed by atoms with E-state index in [2.05, 4.69) is 0 Å². The highest BCUT2D eigenvalue weighted by Crippen LogP contribution is 2.35. The Morgan fingerprint density at radius 1 is 0.964 bits per heavy atom. The molecule has 1 aromatic heterocycles. The normalized spacial score (nSPS) is 24.6. The summed E-state index contributed by atoms with van der Waals surface area (Å²) >= 11 is 0. The molecule has 0 saturated carbocycles. The average Bonchev–Trinajstić information content (AvgIpc) is 3.35. The highest BCUT2D eigenvalue weighted by molar-refractivity contribution is 6.05. The van der Waals surface area contributed by atoms with E-state index < -0.39 is 0 Å². The number of rotatable bonds is 4. The molecule has 0 bridgehead atoms. The van der Waals surface area contributed by atoms with Crippen molar-refractivity contribution in [3.8, 4) is 0 Å². The first-order chi connectivity index (χ1) is 13.6. The van der Waals surface area contributed by atoms with Gasteiger partial charge in [-0.1, -0.05) is 12.2 Å². The van der Waals surface area contributed by atoms with Gasteiger partial charge in [0.2, 0.25) is 17.7 Å². The zero-order chi connectivity index (χ0) is 19.7. The van der Waals surface area contributed by atoms with Crippen molar-refractivity contribution in [3.63, 3.8) is 0 Å². The van der Waals surface area contributed by atoms with Crippen molar-refractivity contribution in [2.24, 2.45) is 11.8 Å². The lowest BCUT2D eigenvalue weighted by molar-refractivity contribution is -0.141. The van der Waals surface area contributed by atoms with Gasteiger partial charge in [0.25, 0.3) is 5.91 Å². The molecular formula is C20H23N3O5. The number of furan rings is 1. The average molecular weight is 385 g/mol. The van der Waals surface area contributed by atoms with Crippen LogP contribution in [0.1, 0.15) is 29.8 Å². The Labute approximate surface area is 162 Å². The van der Waals surface area contributed by atoms with E-state index >= 15 is 0 Å². The standard InChI is InChI=1S/C20H23N3O5/c24-17(7-8-23-18(25)14-4-1-2-5-15(14)19(23)26)21-9-11-22(12-10-21)20(27)16-6-3-13-28-16/h1-3,6,13-15H,4-5,7-12H2/t14-,15+. The molecular weight excluding hydrogens is 362 g/mol. The molecule has 2 saturated heterocycles. The maximum Gasteiger partial charge on any atom is 0.289 e. The largest absolute Gasteiger partial charge is 0.459 e. The van der Waals surface area contributed by atoms with Crippen molar-refractivity contribution >= 4 is 23.6 Å². The Morgan fingerprint density at radius 2 is 1.57 bits per heavy atom. The molecule has 2 fully saturated rings. The lowest BCUT2D eigenvalue weighted by Gasteiger charge is -2.34. The number of piperazine rings is 1. The number of hydrogen-bond acceptors (Lipinski definition) is 5. The number of fused-ring (bicyclic) bond motifs is 1. The molecule has 148 valence electrons. The predicted octanol–water partition coefficient (Wildman–Crippen LogP) is 0.905. The number of amides is 4. The molecule has 4 amide bonds. The second kappa shape index (κ2) is 7.61. The number of allylic oxidation sites excluding steroid dienone is 2. The van der Waals surface area contributed by atoms with Crippen LogP contribution in [0.5, 0.6) is 0 Å². The lowest BCUT2D eigenvalue weighted by Crippen LogP contribution is -2.51. The van der Waals surface area contributed by atoms with Crippen LogP contribution in [0.3, 0.4) is 0 Å². The van der Waals surface area contributed by atoms with E-state index in [1.165, 1.54) is 11.2 Å². The van der Waals surface area contributed by atoms with Gasteiger partial charge < -0.3 is 14.2 Å². The topological polar surface area (TPSA) is 91.1 Å². The van der Waals surface area contributed by atoms with E-state index in [1.807, 2.05) is 12.2 Å². The van der Waals surface area contributed by atoms with E-state index in [4.69, 9.17) is 4.42 Å². The molecule has 2 atom stereocenters. The van der Waals surface area contributed by atoms with Gasteiger partial charge in [0.05, 0.1) is 18.1 Å². The summed E-state index contributed by atoms with van der Waals surface area (Å²) in [7, 11) is 0. The fraction of sp³-hybridized carbons (Fsp3) is 0.500. The van der Waals surface area contributed by atoms with E-state index in [1.54, 1.807) is 21.9 Å². The summed E-state index contributed by atoms with van der Waals surface area (Å²) in [4.78, 5) is 54.3. The zero-order valence-electron chi connectivity index (χ0n) is 15.6. The Bertz CT molecular complexity index is 782. The maximum atomic E-state index is 12.5. The summed E-state index contributed by atoms with van der Waals surface area (Å²) in [6.45, 7) is 1.87. The summed E-state index contributed by atoms with van der Waals surface area (Å²) in [6.07, 6.45) is 6.68. The predicted molar refractivity (Wildman–Crippen MR) is 97.9 cm³/mol. The van der Waals surface area contributed by atoms with E-state index in [-0.39, 0.29) is 48.4 Å². The number of nitrogens with zero attached hydrogens (tertiary/aromatic N) is 3. The van der Waals surface area contributed by atoms with Crippen molar-refractivity contribution in [3.05, 3.63) is 36.3 Å². The minimum atomic E-state index is -0.260. The second-order valence-electron chi connectivity index (χ2n) is 7.38. The Kier molecular flexibility index (Phi) is 5.02. The van der Waals surface area contributed by atoms with Gasteiger partial charge in [0.15, 0.2) is 5.76 Å². The van der Waals surface area contributed by atoms with Crippen molar-refractivity contribution in [1.29, 1.82) is 0 Å². The third kappa shape index (κ3) is 3.34. The van der Waals surface area contributed by atoms with E-state index in [9.17, 15) is 19.2 Å². The molecule has 1 aliphatic carbocycles. The zero-order valence-corrected chi connectivity index (χ0v) is 15.6. The Morgan fingerprint density at radius 3 is 2.14 bits per heavy atom. The highest BCUT2D eigenvalue weighted by Gasteiger charge is 2.47. The van der Waals surface area contributed by atoms with Crippen molar-refractivity contribution in [1.82, 2.24) is 14.7 Å². The molecule has 2 aliphatic heterocycles. The van der Waals surface area contributed by atoms with E-state index in [0.29, 0.717) is 44.8 Å². The summed E-state index contributed by atoms with van der Waals surface area (Å²) < 4.78 is 5.13. The van der Waals surface area contributed by atoms with Crippen LogP contribution in [-0.2, 0) is 14.4 Å². The number of hydrogen-bond donors (Lipinski definition) is 0. The Balaban J connectivity index is 1.27. The van der Waals surface area contributed by atoms with Crippen LogP contribution in [0.4, 0.5) is 0 Å². The van der Waals surface area contributed by atoms with Crippen LogP contribution in [0.25, 0.3) is 0 Å². The van der Waals surface area contributed by atoms with Crippen LogP contribution in [0.15, 0.2) is 35.0 Å². The van der Waals surface area contributed by atoms with Gasteiger partial charge in [-0.05, 0) is 25.0 Å². The van der Waals surface area contributed by atoms with Crippen LogP contribution in [0.2, 0.25) is 0 Å². The first-order valence-electron chi connectivity index (χ1n) is 9.67. The molecule has 8 nitrogen and oxygen atoms in total. The van der Waals surface area contributed by atoms with Gasteiger partial charge in [-0.2, -0.15) is 0 Å². The van der Waals surface area contributed by atoms with Gasteiger partial charge >= 0.3 is 0 Å². The lowest BCUT2D eigenvalue weighted by atomic mass is 9.85. The van der Waals surface area contributed by atoms with Crippen molar-refractivity contribution < 1.29 is 23.6 Å². The summed E-state index contributed by atoms with van der Waals surface area (Å²) in [5.41, 5.74) is 0. The number of imide groups is 1. The molecule has 8 heteroatoms. The third-order valence-electron chi connectivity index (χ3n) is 5.80. The molecule has 0 spiro atoms. The van der Waals surface area contributed by atoms with Crippen molar-refractivity contribution in [2.75, 3.05) is 32.7 Å². The van der Waals surface area contributed by atoms with Crippen LogP contribution in [0, 0.1) is 11.8 Å². The Hall–Kier alpha value is -2.90. The fourth-order valence-corrected chi connectivity index (χ4v) is 4.17. The minimum absolute atomic E-state index is 0.0984. The van der Waals surface area contributed by atoms with Gasteiger partial charge in [0, 0.05) is 39.1 Å². The molecule has 3 heterocycles. The smallest absolute Gasteiger partial charge is 0.289 e. The van der Waals surface area contributed by atoms with E-state index in [0.717, 1.165) is 0 Å². The maximum absolute atomic E-state index is 12.5. The highest BCUT2D eigenvalue weighted by atomic mass is 16.3. The van der Waals surface area contributed by atoms with Gasteiger partial charge in [0.1, 0.15) is 0 Å². The van der Waals surface area contributed by atoms with Crippen LogP contribution < -0.4 is 0 Å². The monoisotopic (exact) mass is 385 g/mol. The SMILES string of the molecule is O=C(CCN1C(=O)[C@H]2CC=CC[C@H]2C1=O)N1CCN(C(=O)c2ccco2)CC1. The molecule has 3 aliphatic rings. The van der Waals surface area contributed by atoms with Crippen LogP contribution in [-0.4, -0.2) is 71.1 Å².